The third-order valence-corrected chi connectivity index (χ3v) is 1.43. The molecule has 5 heteroatoms. The second-order valence-electron chi connectivity index (χ2n) is 2.34. The molecule has 0 aromatic carbocycles. The van der Waals surface area contributed by atoms with E-state index in [0.717, 1.165) is 16.9 Å². The standard InChI is InChI=1S/C8H5NO4/c10-7-3-4-8(11)13-9-5-1-2-6(9)12-7/h1-5H/b4-3+. The summed E-state index contributed by atoms with van der Waals surface area (Å²) in [6.45, 7) is 0. The van der Waals surface area contributed by atoms with Crippen LogP contribution in [0.5, 0.6) is 5.88 Å². The van der Waals surface area contributed by atoms with Crippen molar-refractivity contribution in [2.75, 3.05) is 0 Å². The molecule has 0 aliphatic carbocycles. The Morgan fingerprint density at radius 3 is 2.77 bits per heavy atom. The molecule has 0 N–H and O–H groups in total. The molecule has 0 radical (unpaired) electrons. The Labute approximate surface area is 73.1 Å². The minimum atomic E-state index is -0.617. The SMILES string of the molecule is O=C1/C=C/C(=O)On2cccc2O1. The largest absolute Gasteiger partial charge is 0.403 e. The van der Waals surface area contributed by atoms with Gasteiger partial charge in [0.2, 0.25) is 5.88 Å². The lowest BCUT2D eigenvalue weighted by Gasteiger charge is -2.08. The molecule has 0 amide bonds. The van der Waals surface area contributed by atoms with E-state index in [1.165, 1.54) is 12.3 Å². The summed E-state index contributed by atoms with van der Waals surface area (Å²) in [5.74, 6) is -1.03. The first-order valence-electron chi connectivity index (χ1n) is 3.55. The van der Waals surface area contributed by atoms with Gasteiger partial charge in [-0.15, -0.1) is 4.73 Å². The molecule has 1 aliphatic rings. The van der Waals surface area contributed by atoms with E-state index in [1.54, 1.807) is 6.07 Å². The normalized spacial score (nSPS) is 17.8. The highest BCUT2D eigenvalue weighted by atomic mass is 16.7. The third-order valence-electron chi connectivity index (χ3n) is 1.43. The second-order valence-corrected chi connectivity index (χ2v) is 2.34. The molecule has 13 heavy (non-hydrogen) atoms. The van der Waals surface area contributed by atoms with Gasteiger partial charge in [0.05, 0.1) is 0 Å². The predicted molar refractivity (Wildman–Crippen MR) is 40.8 cm³/mol. The summed E-state index contributed by atoms with van der Waals surface area (Å²) in [6.07, 6.45) is 3.49. The van der Waals surface area contributed by atoms with E-state index >= 15 is 0 Å². The van der Waals surface area contributed by atoms with Gasteiger partial charge in [0.15, 0.2) is 0 Å². The highest BCUT2D eigenvalue weighted by Crippen LogP contribution is 2.11. The smallest absolute Gasteiger partial charge is 0.356 e. The number of hydrogen-bond donors (Lipinski definition) is 0. The van der Waals surface area contributed by atoms with Crippen molar-refractivity contribution in [3.63, 3.8) is 0 Å². The van der Waals surface area contributed by atoms with Gasteiger partial charge in [-0.3, -0.25) is 0 Å². The van der Waals surface area contributed by atoms with Gasteiger partial charge in [0.25, 0.3) is 0 Å². The Hall–Kier alpha value is -2.04. The fraction of sp³-hybridized carbons (Fsp3) is 0. The minimum absolute atomic E-state index is 0.183. The van der Waals surface area contributed by atoms with Gasteiger partial charge in [0.1, 0.15) is 0 Å². The first-order chi connectivity index (χ1) is 6.25. The van der Waals surface area contributed by atoms with Crippen molar-refractivity contribution in [3.8, 4) is 5.88 Å². The molecule has 1 aromatic rings. The molecule has 66 valence electrons. The van der Waals surface area contributed by atoms with Gasteiger partial charge in [-0.05, 0) is 6.07 Å². The molecular formula is C8H5NO4. The lowest BCUT2D eigenvalue weighted by atomic mass is 10.5. The van der Waals surface area contributed by atoms with E-state index in [-0.39, 0.29) is 5.88 Å². The molecule has 1 aliphatic heterocycles. The number of nitrogens with zero attached hydrogens (tertiary/aromatic N) is 1. The molecule has 0 fully saturated rings. The number of fused-ring (bicyclic) bond motifs is 1. The highest BCUT2D eigenvalue weighted by Gasteiger charge is 2.12. The van der Waals surface area contributed by atoms with Crippen LogP contribution in [0, 0.1) is 0 Å². The van der Waals surface area contributed by atoms with Gasteiger partial charge in [-0.1, -0.05) is 0 Å². The van der Waals surface area contributed by atoms with Crippen LogP contribution >= 0.6 is 0 Å². The monoisotopic (exact) mass is 179 g/mol. The van der Waals surface area contributed by atoms with E-state index in [0.29, 0.717) is 0 Å². The zero-order valence-corrected chi connectivity index (χ0v) is 6.47. The fourth-order valence-electron chi connectivity index (χ4n) is 0.905. The van der Waals surface area contributed by atoms with E-state index in [4.69, 9.17) is 9.57 Å². The van der Waals surface area contributed by atoms with Crippen LogP contribution in [0.2, 0.25) is 0 Å². The van der Waals surface area contributed by atoms with Crippen molar-refractivity contribution in [1.82, 2.24) is 4.73 Å². The van der Waals surface area contributed by atoms with Crippen molar-refractivity contribution in [1.29, 1.82) is 0 Å². The summed E-state index contributed by atoms with van der Waals surface area (Å²) in [5.41, 5.74) is 0. The van der Waals surface area contributed by atoms with Crippen molar-refractivity contribution in [2.45, 2.75) is 0 Å². The van der Waals surface area contributed by atoms with Crippen LogP contribution < -0.4 is 9.57 Å². The minimum Gasteiger partial charge on any atom is -0.403 e. The lowest BCUT2D eigenvalue weighted by Crippen LogP contribution is -2.22. The van der Waals surface area contributed by atoms with Crippen molar-refractivity contribution in [3.05, 3.63) is 30.5 Å². The van der Waals surface area contributed by atoms with Crippen LogP contribution in [-0.4, -0.2) is 16.7 Å². The van der Waals surface area contributed by atoms with Crippen LogP contribution in [-0.2, 0) is 9.59 Å². The molecule has 1 aromatic heterocycles. The molecule has 0 saturated heterocycles. The van der Waals surface area contributed by atoms with Crippen LogP contribution in [0.1, 0.15) is 0 Å². The maximum absolute atomic E-state index is 10.9. The zero-order valence-electron chi connectivity index (χ0n) is 6.47. The quantitative estimate of drug-likeness (QED) is 0.522. The number of carbonyl (C=O) groups excluding carboxylic acids is 2. The highest BCUT2D eigenvalue weighted by molar-refractivity contribution is 5.93. The number of aromatic nitrogens is 1. The molecule has 2 rings (SSSR count). The molecule has 0 saturated carbocycles. The van der Waals surface area contributed by atoms with E-state index in [1.807, 2.05) is 0 Å². The molecule has 0 atom stereocenters. The third kappa shape index (κ3) is 1.44. The topological polar surface area (TPSA) is 57.5 Å². The van der Waals surface area contributed by atoms with E-state index in [2.05, 4.69) is 0 Å². The van der Waals surface area contributed by atoms with Gasteiger partial charge in [-0.2, -0.15) is 0 Å². The number of carbonyl (C=O) groups is 2. The first-order valence-corrected chi connectivity index (χ1v) is 3.55. The van der Waals surface area contributed by atoms with Crippen LogP contribution in [0.25, 0.3) is 0 Å². The number of ether oxygens (including phenoxy) is 1. The molecular weight excluding hydrogens is 174 g/mol. The Kier molecular flexibility index (Phi) is 1.63. The summed E-state index contributed by atoms with van der Waals surface area (Å²) < 4.78 is 5.87. The number of rotatable bonds is 0. The summed E-state index contributed by atoms with van der Waals surface area (Å²) in [7, 11) is 0. The molecule has 2 heterocycles. The van der Waals surface area contributed by atoms with Gasteiger partial charge in [0, 0.05) is 24.4 Å². The number of esters is 1. The Morgan fingerprint density at radius 1 is 1.15 bits per heavy atom. The Morgan fingerprint density at radius 2 is 1.92 bits per heavy atom. The Bertz CT molecular complexity index is 356. The molecule has 0 unspecified atom stereocenters. The van der Waals surface area contributed by atoms with Crippen LogP contribution in [0.15, 0.2) is 30.5 Å². The summed E-state index contributed by atoms with van der Waals surface area (Å²) in [5, 5.41) is 0. The van der Waals surface area contributed by atoms with Crippen LogP contribution in [0.4, 0.5) is 0 Å². The van der Waals surface area contributed by atoms with Crippen LogP contribution in [0.3, 0.4) is 0 Å². The lowest BCUT2D eigenvalue weighted by molar-refractivity contribution is -0.142. The molecule has 0 spiro atoms. The van der Waals surface area contributed by atoms with E-state index < -0.39 is 11.9 Å². The van der Waals surface area contributed by atoms with Gasteiger partial charge >= 0.3 is 11.9 Å². The molecule has 0 bridgehead atoms. The fourth-order valence-corrected chi connectivity index (χ4v) is 0.905. The zero-order chi connectivity index (χ0) is 9.26. The maximum Gasteiger partial charge on any atom is 0.356 e. The number of hydrogen-bond acceptors (Lipinski definition) is 4. The first kappa shape index (κ1) is 7.60. The molecule has 5 nitrogen and oxygen atoms in total. The summed E-state index contributed by atoms with van der Waals surface area (Å²) in [6, 6.07) is 3.12. The summed E-state index contributed by atoms with van der Waals surface area (Å²) >= 11 is 0. The van der Waals surface area contributed by atoms with Crippen molar-refractivity contribution < 1.29 is 19.2 Å². The second kappa shape index (κ2) is 2.78. The maximum atomic E-state index is 10.9. The van der Waals surface area contributed by atoms with Crippen molar-refractivity contribution in [2.24, 2.45) is 0 Å². The average molecular weight is 179 g/mol. The van der Waals surface area contributed by atoms with E-state index in [9.17, 15) is 9.59 Å². The average Bonchev–Trinajstić information content (AvgIpc) is 2.47. The van der Waals surface area contributed by atoms with Gasteiger partial charge < -0.3 is 9.57 Å². The Balaban J connectivity index is 2.40. The van der Waals surface area contributed by atoms with Crippen molar-refractivity contribution >= 4 is 11.9 Å². The summed E-state index contributed by atoms with van der Waals surface area (Å²) in [4.78, 5) is 26.6. The van der Waals surface area contributed by atoms with Gasteiger partial charge in [-0.25, -0.2) is 9.59 Å². The predicted octanol–water partition coefficient (Wildman–Crippen LogP) is -0.0815.